The molecule has 1 amide bonds. The van der Waals surface area contributed by atoms with Crippen molar-refractivity contribution in [2.45, 2.75) is 40.2 Å². The van der Waals surface area contributed by atoms with E-state index < -0.39 is 0 Å². The zero-order valence-corrected chi connectivity index (χ0v) is 14.5. The van der Waals surface area contributed by atoms with Gasteiger partial charge in [0.15, 0.2) is 5.69 Å². The number of nitrogens with zero attached hydrogens (tertiary/aromatic N) is 3. The lowest BCUT2D eigenvalue weighted by molar-refractivity contribution is 0.0756. The van der Waals surface area contributed by atoms with Crippen LogP contribution >= 0.6 is 0 Å². The number of amides is 1. The molecule has 0 atom stereocenters. The van der Waals surface area contributed by atoms with E-state index in [0.29, 0.717) is 30.1 Å². The second-order valence-corrected chi connectivity index (χ2v) is 5.90. The first-order valence-electron chi connectivity index (χ1n) is 7.98. The maximum atomic E-state index is 13.7. The van der Waals surface area contributed by atoms with Crippen LogP contribution in [0.25, 0.3) is 5.69 Å². The van der Waals surface area contributed by atoms with Gasteiger partial charge < -0.3 is 10.1 Å². The molecular formula is C17H23FN4O2. The van der Waals surface area contributed by atoms with Crippen molar-refractivity contribution in [1.29, 1.82) is 0 Å². The molecule has 6 nitrogen and oxygen atoms in total. The number of carbonyl (C=O) groups excluding carboxylic acids is 1. The van der Waals surface area contributed by atoms with Crippen LogP contribution in [0.1, 0.15) is 42.0 Å². The summed E-state index contributed by atoms with van der Waals surface area (Å²) in [6, 6.07) is 4.78. The molecule has 1 N–H and O–H groups in total. The maximum Gasteiger partial charge on any atom is 0.273 e. The van der Waals surface area contributed by atoms with Gasteiger partial charge in [0.25, 0.3) is 5.91 Å². The number of aromatic nitrogens is 3. The van der Waals surface area contributed by atoms with E-state index in [2.05, 4.69) is 15.6 Å². The Kier molecular flexibility index (Phi) is 6.03. The highest BCUT2D eigenvalue weighted by atomic mass is 19.1. The molecule has 7 heteroatoms. The smallest absolute Gasteiger partial charge is 0.273 e. The Hall–Kier alpha value is -2.28. The SMILES string of the molecule is Cc1ccc(-n2nnc(C(=O)NCCCOC(C)C)c2C)cc1F. The van der Waals surface area contributed by atoms with Crippen molar-refractivity contribution < 1.29 is 13.9 Å². The number of nitrogens with one attached hydrogen (secondary N) is 1. The van der Waals surface area contributed by atoms with Gasteiger partial charge in [0.1, 0.15) is 5.82 Å². The Morgan fingerprint density at radius 3 is 2.79 bits per heavy atom. The molecule has 0 fully saturated rings. The average Bonchev–Trinajstić information content (AvgIpc) is 2.91. The van der Waals surface area contributed by atoms with Gasteiger partial charge in [-0.25, -0.2) is 9.07 Å². The Balaban J connectivity index is 2.01. The number of halogens is 1. The fourth-order valence-electron chi connectivity index (χ4n) is 2.17. The van der Waals surface area contributed by atoms with Crippen LogP contribution in [0.4, 0.5) is 4.39 Å². The topological polar surface area (TPSA) is 69.0 Å². The summed E-state index contributed by atoms with van der Waals surface area (Å²) >= 11 is 0. The van der Waals surface area contributed by atoms with E-state index in [1.165, 1.54) is 10.7 Å². The Morgan fingerprint density at radius 2 is 2.12 bits per heavy atom. The van der Waals surface area contributed by atoms with E-state index in [1.807, 2.05) is 13.8 Å². The standard InChI is InChI=1S/C17H23FN4O2/c1-11(2)24-9-5-8-19-17(23)16-13(4)22(21-20-16)14-7-6-12(3)15(18)10-14/h6-7,10-11H,5,8-9H2,1-4H3,(H,19,23). The van der Waals surface area contributed by atoms with E-state index in [4.69, 9.17) is 4.74 Å². The van der Waals surface area contributed by atoms with E-state index in [-0.39, 0.29) is 23.5 Å². The lowest BCUT2D eigenvalue weighted by atomic mass is 10.2. The number of aryl methyl sites for hydroxylation is 1. The van der Waals surface area contributed by atoms with Gasteiger partial charge >= 0.3 is 0 Å². The van der Waals surface area contributed by atoms with Gasteiger partial charge in [-0.3, -0.25) is 4.79 Å². The Bertz CT molecular complexity index is 713. The number of benzene rings is 1. The van der Waals surface area contributed by atoms with Crippen molar-refractivity contribution in [2.24, 2.45) is 0 Å². The first-order chi connectivity index (χ1) is 11.4. The van der Waals surface area contributed by atoms with Crippen LogP contribution in [0, 0.1) is 19.7 Å². The molecule has 0 spiro atoms. The van der Waals surface area contributed by atoms with Crippen LogP contribution < -0.4 is 5.32 Å². The maximum absolute atomic E-state index is 13.7. The van der Waals surface area contributed by atoms with Gasteiger partial charge in [-0.1, -0.05) is 11.3 Å². The summed E-state index contributed by atoms with van der Waals surface area (Å²) in [7, 11) is 0. The lowest BCUT2D eigenvalue weighted by Crippen LogP contribution is -2.26. The van der Waals surface area contributed by atoms with Crippen LogP contribution in [-0.2, 0) is 4.74 Å². The van der Waals surface area contributed by atoms with Crippen LogP contribution in [-0.4, -0.2) is 40.2 Å². The molecule has 0 radical (unpaired) electrons. The van der Waals surface area contributed by atoms with Gasteiger partial charge in [-0.05, 0) is 51.8 Å². The fraction of sp³-hybridized carbons (Fsp3) is 0.471. The second kappa shape index (κ2) is 8.01. The molecule has 2 aromatic rings. The lowest BCUT2D eigenvalue weighted by Gasteiger charge is -2.08. The van der Waals surface area contributed by atoms with Crippen molar-refractivity contribution in [3.8, 4) is 5.69 Å². The summed E-state index contributed by atoms with van der Waals surface area (Å²) in [6.07, 6.45) is 0.901. The van der Waals surface area contributed by atoms with Gasteiger partial charge in [-0.15, -0.1) is 5.10 Å². The Labute approximate surface area is 141 Å². The summed E-state index contributed by atoms with van der Waals surface area (Å²) < 4.78 is 20.6. The van der Waals surface area contributed by atoms with Crippen molar-refractivity contribution in [2.75, 3.05) is 13.2 Å². The summed E-state index contributed by atoms with van der Waals surface area (Å²) in [5.41, 5.74) is 1.89. The highest BCUT2D eigenvalue weighted by Crippen LogP contribution is 2.15. The molecule has 0 saturated carbocycles. The number of hydrogen-bond acceptors (Lipinski definition) is 4. The minimum absolute atomic E-state index is 0.178. The molecule has 130 valence electrons. The third-order valence-electron chi connectivity index (χ3n) is 3.57. The normalized spacial score (nSPS) is 11.1. The average molecular weight is 334 g/mol. The molecule has 1 heterocycles. The quantitative estimate of drug-likeness (QED) is 0.790. The predicted molar refractivity (Wildman–Crippen MR) is 88.8 cm³/mol. The van der Waals surface area contributed by atoms with E-state index in [9.17, 15) is 9.18 Å². The second-order valence-electron chi connectivity index (χ2n) is 5.90. The summed E-state index contributed by atoms with van der Waals surface area (Å²) in [6.45, 7) is 8.44. The molecule has 0 aliphatic rings. The summed E-state index contributed by atoms with van der Waals surface area (Å²) in [5.74, 6) is -0.616. The molecule has 1 aromatic heterocycles. The molecule has 0 aliphatic heterocycles. The first kappa shape index (κ1) is 18.1. The number of hydrogen-bond donors (Lipinski definition) is 1. The van der Waals surface area contributed by atoms with Crippen molar-refractivity contribution in [3.05, 3.63) is 41.0 Å². The Morgan fingerprint density at radius 1 is 1.38 bits per heavy atom. The summed E-state index contributed by atoms with van der Waals surface area (Å²) in [5, 5.41) is 10.7. The van der Waals surface area contributed by atoms with Crippen molar-refractivity contribution in [1.82, 2.24) is 20.3 Å². The number of rotatable bonds is 7. The minimum Gasteiger partial charge on any atom is -0.379 e. The van der Waals surface area contributed by atoms with Gasteiger partial charge in [0.2, 0.25) is 0 Å². The zero-order chi connectivity index (χ0) is 17.7. The third kappa shape index (κ3) is 4.38. The predicted octanol–water partition coefficient (Wildman–Crippen LogP) is 2.57. The molecule has 1 aromatic carbocycles. The molecular weight excluding hydrogens is 311 g/mol. The monoisotopic (exact) mass is 334 g/mol. The van der Waals surface area contributed by atoms with Crippen LogP contribution in [0.15, 0.2) is 18.2 Å². The molecule has 0 bridgehead atoms. The van der Waals surface area contributed by atoms with Crippen LogP contribution in [0.2, 0.25) is 0 Å². The van der Waals surface area contributed by atoms with Gasteiger partial charge in [-0.2, -0.15) is 0 Å². The fourth-order valence-corrected chi connectivity index (χ4v) is 2.17. The van der Waals surface area contributed by atoms with Crippen molar-refractivity contribution in [3.63, 3.8) is 0 Å². The van der Waals surface area contributed by atoms with E-state index in [0.717, 1.165) is 6.42 Å². The molecule has 2 rings (SSSR count). The number of ether oxygens (including phenoxy) is 1. The molecule has 24 heavy (non-hydrogen) atoms. The molecule has 0 aliphatic carbocycles. The van der Waals surface area contributed by atoms with E-state index in [1.54, 1.807) is 26.0 Å². The highest BCUT2D eigenvalue weighted by molar-refractivity contribution is 5.93. The summed E-state index contributed by atoms with van der Waals surface area (Å²) in [4.78, 5) is 12.2. The zero-order valence-electron chi connectivity index (χ0n) is 14.5. The molecule has 0 unspecified atom stereocenters. The number of carbonyl (C=O) groups is 1. The third-order valence-corrected chi connectivity index (χ3v) is 3.57. The van der Waals surface area contributed by atoms with Gasteiger partial charge in [0, 0.05) is 13.2 Å². The van der Waals surface area contributed by atoms with Crippen molar-refractivity contribution >= 4 is 5.91 Å². The minimum atomic E-state index is -0.321. The largest absolute Gasteiger partial charge is 0.379 e. The van der Waals surface area contributed by atoms with Crippen LogP contribution in [0.3, 0.4) is 0 Å². The molecule has 0 saturated heterocycles. The van der Waals surface area contributed by atoms with Gasteiger partial charge in [0.05, 0.1) is 17.5 Å². The first-order valence-corrected chi connectivity index (χ1v) is 7.98. The van der Waals surface area contributed by atoms with Crippen LogP contribution in [0.5, 0.6) is 0 Å². The van der Waals surface area contributed by atoms with E-state index >= 15 is 0 Å². The highest BCUT2D eigenvalue weighted by Gasteiger charge is 2.17.